The molecule has 0 aliphatic carbocycles. The maximum atomic E-state index is 11.9. The number of thiazole rings is 1. The van der Waals surface area contributed by atoms with E-state index in [9.17, 15) is 9.59 Å². The Bertz CT molecular complexity index is 439. The van der Waals surface area contributed by atoms with Crippen LogP contribution in [0, 0.1) is 11.3 Å². The molecule has 0 aliphatic rings. The molecule has 17 heavy (non-hydrogen) atoms. The maximum absolute atomic E-state index is 11.9. The highest BCUT2D eigenvalue weighted by atomic mass is 79.9. The number of hydrogen-bond donors (Lipinski definition) is 2. The molecule has 1 heterocycles. The van der Waals surface area contributed by atoms with Crippen LogP contribution in [-0.2, 0) is 9.59 Å². The molecule has 1 aromatic rings. The van der Waals surface area contributed by atoms with Crippen molar-refractivity contribution in [1.82, 2.24) is 4.98 Å². The van der Waals surface area contributed by atoms with Gasteiger partial charge in [0.25, 0.3) is 0 Å². The summed E-state index contributed by atoms with van der Waals surface area (Å²) < 4.78 is 0.774. The lowest BCUT2D eigenvalue weighted by atomic mass is 9.80. The van der Waals surface area contributed by atoms with Gasteiger partial charge in [0.1, 0.15) is 5.92 Å². The lowest BCUT2D eigenvalue weighted by Gasteiger charge is -2.25. The van der Waals surface area contributed by atoms with Crippen LogP contribution in [0.2, 0.25) is 0 Å². The molecule has 94 valence electrons. The molecule has 2 N–H and O–H groups in total. The maximum Gasteiger partial charge on any atom is 0.316 e. The van der Waals surface area contributed by atoms with Crippen LogP contribution in [0.3, 0.4) is 0 Å². The fourth-order valence-corrected chi connectivity index (χ4v) is 2.48. The van der Waals surface area contributed by atoms with Gasteiger partial charge in [-0.2, -0.15) is 0 Å². The van der Waals surface area contributed by atoms with Crippen molar-refractivity contribution in [3.8, 4) is 0 Å². The van der Waals surface area contributed by atoms with Crippen molar-refractivity contribution in [3.05, 3.63) is 9.98 Å². The molecule has 0 spiro atoms. The number of aromatic nitrogens is 1. The molecule has 0 saturated carbocycles. The molecule has 0 bridgehead atoms. The molecule has 1 atom stereocenters. The molecule has 1 amide bonds. The van der Waals surface area contributed by atoms with Crippen LogP contribution >= 0.6 is 27.3 Å². The van der Waals surface area contributed by atoms with E-state index in [-0.39, 0.29) is 0 Å². The van der Waals surface area contributed by atoms with Crippen LogP contribution in [0.1, 0.15) is 20.8 Å². The Labute approximate surface area is 111 Å². The minimum absolute atomic E-state index is 0.386. The molecule has 0 saturated heterocycles. The first-order chi connectivity index (χ1) is 7.71. The number of amides is 1. The largest absolute Gasteiger partial charge is 0.481 e. The Morgan fingerprint density at radius 1 is 1.53 bits per heavy atom. The average molecular weight is 321 g/mol. The number of carbonyl (C=O) groups is 2. The summed E-state index contributed by atoms with van der Waals surface area (Å²) in [4.78, 5) is 26.9. The molecule has 0 fully saturated rings. The molecule has 1 unspecified atom stereocenters. The second-order valence-corrected chi connectivity index (χ2v) is 7.01. The number of hydrogen-bond acceptors (Lipinski definition) is 4. The van der Waals surface area contributed by atoms with Crippen LogP contribution in [0.25, 0.3) is 0 Å². The first kappa shape index (κ1) is 14.1. The number of carboxylic acids is 1. The molecule has 0 aromatic carbocycles. The Balaban J connectivity index is 2.84. The summed E-state index contributed by atoms with van der Waals surface area (Å²) in [6.07, 6.45) is 1.55. The molecule has 0 radical (unpaired) electrons. The SMILES string of the molecule is CC(C)(C)C(C(=O)O)C(=O)Nc1ncc(Br)s1. The Hall–Kier alpha value is -0.950. The number of carbonyl (C=O) groups excluding carboxylic acids is 1. The van der Waals surface area contributed by atoms with Gasteiger partial charge in [-0.05, 0) is 21.3 Å². The Kier molecular flexibility index (Phi) is 4.26. The molecule has 7 heteroatoms. The number of nitrogens with one attached hydrogen (secondary N) is 1. The van der Waals surface area contributed by atoms with Crippen LogP contribution in [0.5, 0.6) is 0 Å². The van der Waals surface area contributed by atoms with Crippen molar-refractivity contribution in [2.24, 2.45) is 11.3 Å². The van der Waals surface area contributed by atoms with E-state index in [2.05, 4.69) is 26.2 Å². The van der Waals surface area contributed by atoms with Crippen molar-refractivity contribution in [3.63, 3.8) is 0 Å². The Morgan fingerprint density at radius 3 is 2.47 bits per heavy atom. The summed E-state index contributed by atoms with van der Waals surface area (Å²) in [6.45, 7) is 5.13. The summed E-state index contributed by atoms with van der Waals surface area (Å²) in [7, 11) is 0. The normalized spacial score (nSPS) is 13.2. The van der Waals surface area contributed by atoms with Gasteiger partial charge >= 0.3 is 5.97 Å². The molecule has 0 aliphatic heterocycles. The molecular formula is C10H13BrN2O3S. The van der Waals surface area contributed by atoms with Gasteiger partial charge in [0.15, 0.2) is 5.13 Å². The summed E-state index contributed by atoms with van der Waals surface area (Å²) in [5.41, 5.74) is -0.648. The number of aliphatic carboxylic acids is 1. The third-order valence-electron chi connectivity index (χ3n) is 2.08. The standard InChI is InChI=1S/C10H13BrN2O3S/c1-10(2,3)6(8(15)16)7(14)13-9-12-4-5(11)17-9/h4,6H,1-3H3,(H,15,16)(H,12,13,14). The first-order valence-corrected chi connectivity index (χ1v) is 6.48. The highest BCUT2D eigenvalue weighted by Gasteiger charge is 2.37. The third kappa shape index (κ3) is 3.78. The predicted octanol–water partition coefficient (Wildman–Crippen LogP) is 2.59. The first-order valence-electron chi connectivity index (χ1n) is 4.87. The van der Waals surface area contributed by atoms with Crippen molar-refractivity contribution in [2.75, 3.05) is 5.32 Å². The van der Waals surface area contributed by atoms with Gasteiger partial charge in [-0.1, -0.05) is 32.1 Å². The minimum atomic E-state index is -1.13. The van der Waals surface area contributed by atoms with Gasteiger partial charge < -0.3 is 10.4 Å². The molecule has 1 rings (SSSR count). The fourth-order valence-electron chi connectivity index (χ4n) is 1.37. The number of nitrogens with zero attached hydrogens (tertiary/aromatic N) is 1. The van der Waals surface area contributed by atoms with Gasteiger partial charge in [0.05, 0.1) is 9.98 Å². The topological polar surface area (TPSA) is 79.3 Å². The molecular weight excluding hydrogens is 308 g/mol. The minimum Gasteiger partial charge on any atom is -0.481 e. The van der Waals surface area contributed by atoms with E-state index in [0.29, 0.717) is 5.13 Å². The zero-order valence-electron chi connectivity index (χ0n) is 9.65. The number of rotatable bonds is 3. The van der Waals surface area contributed by atoms with Crippen molar-refractivity contribution < 1.29 is 14.7 Å². The van der Waals surface area contributed by atoms with E-state index < -0.39 is 23.2 Å². The van der Waals surface area contributed by atoms with Crippen LogP contribution in [0.15, 0.2) is 9.98 Å². The average Bonchev–Trinajstić information content (AvgIpc) is 2.46. The summed E-state index contributed by atoms with van der Waals surface area (Å²) in [5.74, 6) is -2.79. The smallest absolute Gasteiger partial charge is 0.316 e. The van der Waals surface area contributed by atoms with Crippen LogP contribution < -0.4 is 5.32 Å². The summed E-state index contributed by atoms with van der Waals surface area (Å²) in [6, 6.07) is 0. The van der Waals surface area contributed by atoms with Gasteiger partial charge in [0.2, 0.25) is 5.91 Å². The lowest BCUT2D eigenvalue weighted by molar-refractivity contribution is -0.149. The van der Waals surface area contributed by atoms with E-state index >= 15 is 0 Å². The van der Waals surface area contributed by atoms with Crippen LogP contribution in [0.4, 0.5) is 5.13 Å². The van der Waals surface area contributed by atoms with Crippen molar-refractivity contribution >= 4 is 44.3 Å². The quantitative estimate of drug-likeness (QED) is 0.839. The second-order valence-electron chi connectivity index (χ2n) is 4.60. The van der Waals surface area contributed by atoms with Gasteiger partial charge in [-0.3, -0.25) is 9.59 Å². The molecule has 5 nitrogen and oxygen atoms in total. The number of halogens is 1. The summed E-state index contributed by atoms with van der Waals surface area (Å²) in [5, 5.41) is 12.0. The van der Waals surface area contributed by atoms with Crippen molar-refractivity contribution in [1.29, 1.82) is 0 Å². The monoisotopic (exact) mass is 320 g/mol. The summed E-state index contributed by atoms with van der Waals surface area (Å²) >= 11 is 4.45. The Morgan fingerprint density at radius 2 is 2.12 bits per heavy atom. The highest BCUT2D eigenvalue weighted by molar-refractivity contribution is 9.11. The van der Waals surface area contributed by atoms with Crippen LogP contribution in [-0.4, -0.2) is 22.0 Å². The van der Waals surface area contributed by atoms with E-state index in [1.165, 1.54) is 11.3 Å². The van der Waals surface area contributed by atoms with E-state index in [1.54, 1.807) is 27.0 Å². The number of carboxylic acid groups (broad SMARTS) is 1. The van der Waals surface area contributed by atoms with Crippen molar-refractivity contribution in [2.45, 2.75) is 20.8 Å². The highest BCUT2D eigenvalue weighted by Crippen LogP contribution is 2.29. The predicted molar refractivity (Wildman–Crippen MR) is 69.0 cm³/mol. The van der Waals surface area contributed by atoms with E-state index in [4.69, 9.17) is 5.11 Å². The zero-order chi connectivity index (χ0) is 13.2. The van der Waals surface area contributed by atoms with E-state index in [1.807, 2.05) is 0 Å². The van der Waals surface area contributed by atoms with E-state index in [0.717, 1.165) is 3.79 Å². The number of anilines is 1. The second kappa shape index (κ2) is 5.14. The zero-order valence-corrected chi connectivity index (χ0v) is 12.1. The molecule has 1 aromatic heterocycles. The third-order valence-corrected chi connectivity index (χ3v) is 3.47. The fraction of sp³-hybridized carbons (Fsp3) is 0.500. The lowest BCUT2D eigenvalue weighted by Crippen LogP contribution is -2.39. The van der Waals surface area contributed by atoms with Gasteiger partial charge in [0, 0.05) is 0 Å². The van der Waals surface area contributed by atoms with Gasteiger partial charge in [-0.25, -0.2) is 4.98 Å². The van der Waals surface area contributed by atoms with Gasteiger partial charge in [-0.15, -0.1) is 0 Å².